The normalized spacial score (nSPS) is 23.0. The highest BCUT2D eigenvalue weighted by atomic mass is 32.2. The first-order valence-corrected chi connectivity index (χ1v) is 10.6. The molecule has 2 aliphatic rings. The summed E-state index contributed by atoms with van der Waals surface area (Å²) >= 11 is 0. The van der Waals surface area contributed by atoms with Crippen LogP contribution in [0, 0.1) is 0 Å². The van der Waals surface area contributed by atoms with E-state index in [2.05, 4.69) is 5.32 Å². The molecule has 26 heavy (non-hydrogen) atoms. The molecule has 1 aromatic carbocycles. The molecule has 2 unspecified atom stereocenters. The minimum atomic E-state index is -3.53. The number of hydrogen-bond acceptors (Lipinski definition) is 5. The number of nitrogens with one attached hydrogen (secondary N) is 1. The molecule has 1 N–H and O–H groups in total. The van der Waals surface area contributed by atoms with Crippen LogP contribution >= 0.6 is 0 Å². The minimum Gasteiger partial charge on any atom is -0.459 e. The predicted molar refractivity (Wildman–Crippen MR) is 96.5 cm³/mol. The van der Waals surface area contributed by atoms with E-state index in [1.54, 1.807) is 36.4 Å². The molecule has 3 heterocycles. The standard InChI is InChI=1S/C19H22N2O4S/c22-19(21-15-6-7-16(21)12-20-10-8-15)18-14(9-11-25-18)13-26(23,24)17-4-2-1-3-5-17/h1-5,9,11,15-16,20H,6-8,10,12-13H2. The fourth-order valence-corrected chi connectivity index (χ4v) is 5.36. The van der Waals surface area contributed by atoms with E-state index in [0.717, 1.165) is 32.4 Å². The molecule has 0 saturated carbocycles. The van der Waals surface area contributed by atoms with Crippen LogP contribution in [-0.4, -0.2) is 44.4 Å². The lowest BCUT2D eigenvalue weighted by molar-refractivity contribution is 0.0646. The highest BCUT2D eigenvalue weighted by Crippen LogP contribution is 2.31. The number of benzene rings is 1. The topological polar surface area (TPSA) is 79.6 Å². The second kappa shape index (κ2) is 6.89. The number of amides is 1. The third kappa shape index (κ3) is 3.17. The molecule has 2 bridgehead atoms. The Kier molecular flexibility index (Phi) is 4.58. The summed E-state index contributed by atoms with van der Waals surface area (Å²) in [6.45, 7) is 1.68. The molecule has 0 radical (unpaired) electrons. The Hall–Kier alpha value is -2.12. The molecule has 1 amide bonds. The van der Waals surface area contributed by atoms with E-state index in [0.29, 0.717) is 5.56 Å². The molecule has 2 atom stereocenters. The number of fused-ring (bicyclic) bond motifs is 2. The maximum Gasteiger partial charge on any atom is 0.290 e. The van der Waals surface area contributed by atoms with Crippen LogP contribution in [0.4, 0.5) is 0 Å². The maximum absolute atomic E-state index is 13.1. The van der Waals surface area contributed by atoms with Crippen LogP contribution in [0.3, 0.4) is 0 Å². The van der Waals surface area contributed by atoms with Gasteiger partial charge in [0.25, 0.3) is 5.91 Å². The van der Waals surface area contributed by atoms with Gasteiger partial charge in [-0.25, -0.2) is 8.42 Å². The lowest BCUT2D eigenvalue weighted by Gasteiger charge is -2.27. The number of carbonyl (C=O) groups is 1. The molecular formula is C19H22N2O4S. The summed E-state index contributed by atoms with van der Waals surface area (Å²) in [5, 5.41) is 3.36. The van der Waals surface area contributed by atoms with Crippen molar-refractivity contribution < 1.29 is 17.6 Å². The summed E-state index contributed by atoms with van der Waals surface area (Å²) in [5.74, 6) is -0.275. The van der Waals surface area contributed by atoms with Crippen molar-refractivity contribution in [2.24, 2.45) is 0 Å². The Morgan fingerprint density at radius 1 is 1.12 bits per heavy atom. The van der Waals surface area contributed by atoms with Crippen LogP contribution < -0.4 is 5.32 Å². The van der Waals surface area contributed by atoms with Crippen molar-refractivity contribution in [1.29, 1.82) is 0 Å². The highest BCUT2D eigenvalue weighted by molar-refractivity contribution is 7.90. The van der Waals surface area contributed by atoms with E-state index in [1.807, 2.05) is 4.90 Å². The first kappa shape index (κ1) is 17.3. The molecule has 7 heteroatoms. The van der Waals surface area contributed by atoms with Gasteiger partial charge >= 0.3 is 0 Å². The van der Waals surface area contributed by atoms with E-state index >= 15 is 0 Å². The molecular weight excluding hydrogens is 352 g/mol. The summed E-state index contributed by atoms with van der Waals surface area (Å²) in [6.07, 6.45) is 4.29. The van der Waals surface area contributed by atoms with Gasteiger partial charge in [-0.2, -0.15) is 0 Å². The van der Waals surface area contributed by atoms with Crippen molar-refractivity contribution in [3.05, 3.63) is 54.0 Å². The van der Waals surface area contributed by atoms with Crippen LogP contribution in [0.2, 0.25) is 0 Å². The maximum atomic E-state index is 13.1. The zero-order valence-electron chi connectivity index (χ0n) is 14.4. The Morgan fingerprint density at radius 2 is 1.88 bits per heavy atom. The molecule has 6 nitrogen and oxygen atoms in total. The molecule has 138 valence electrons. The van der Waals surface area contributed by atoms with E-state index in [9.17, 15) is 13.2 Å². The van der Waals surface area contributed by atoms with E-state index in [-0.39, 0.29) is 34.4 Å². The van der Waals surface area contributed by atoms with Gasteiger partial charge in [-0.15, -0.1) is 0 Å². The smallest absolute Gasteiger partial charge is 0.290 e. The number of hydrogen-bond donors (Lipinski definition) is 1. The molecule has 2 fully saturated rings. The molecule has 0 spiro atoms. The van der Waals surface area contributed by atoms with Gasteiger partial charge in [0.15, 0.2) is 15.6 Å². The first-order chi connectivity index (χ1) is 12.6. The first-order valence-electron chi connectivity index (χ1n) is 8.94. The Bertz CT molecular complexity index is 877. The third-order valence-corrected chi connectivity index (χ3v) is 6.96. The largest absolute Gasteiger partial charge is 0.459 e. The zero-order chi connectivity index (χ0) is 18.1. The summed E-state index contributed by atoms with van der Waals surface area (Å²) < 4.78 is 30.8. The van der Waals surface area contributed by atoms with Crippen LogP contribution in [0.5, 0.6) is 0 Å². The SMILES string of the molecule is O=C(c1occc1CS(=O)(=O)c1ccccc1)N1C2CCNCC1CC2. The highest BCUT2D eigenvalue weighted by Gasteiger charge is 2.40. The van der Waals surface area contributed by atoms with Crippen molar-refractivity contribution in [3.63, 3.8) is 0 Å². The second-order valence-electron chi connectivity index (χ2n) is 6.94. The number of sulfone groups is 1. The minimum absolute atomic E-state index is 0.152. The summed E-state index contributed by atoms with van der Waals surface area (Å²) in [6, 6.07) is 10.2. The molecule has 2 aromatic rings. The van der Waals surface area contributed by atoms with E-state index in [1.165, 1.54) is 6.26 Å². The average molecular weight is 374 g/mol. The molecule has 0 aliphatic carbocycles. The molecule has 2 saturated heterocycles. The van der Waals surface area contributed by atoms with E-state index < -0.39 is 9.84 Å². The Balaban J connectivity index is 1.60. The number of nitrogens with zero attached hydrogens (tertiary/aromatic N) is 1. The Morgan fingerprint density at radius 3 is 2.69 bits per heavy atom. The lowest BCUT2D eigenvalue weighted by atomic mass is 10.1. The number of carbonyl (C=O) groups excluding carboxylic acids is 1. The van der Waals surface area contributed by atoms with Gasteiger partial charge in [-0.3, -0.25) is 4.79 Å². The summed E-state index contributed by atoms with van der Waals surface area (Å²) in [5.41, 5.74) is 0.426. The van der Waals surface area contributed by atoms with Crippen LogP contribution in [-0.2, 0) is 15.6 Å². The number of rotatable bonds is 4. The van der Waals surface area contributed by atoms with Crippen LogP contribution in [0.15, 0.2) is 52.0 Å². The second-order valence-corrected chi connectivity index (χ2v) is 8.93. The zero-order valence-corrected chi connectivity index (χ0v) is 15.2. The van der Waals surface area contributed by atoms with Gasteiger partial charge < -0.3 is 14.6 Å². The fraction of sp³-hybridized carbons (Fsp3) is 0.421. The van der Waals surface area contributed by atoms with Gasteiger partial charge in [0.05, 0.1) is 16.9 Å². The monoisotopic (exact) mass is 374 g/mol. The average Bonchev–Trinajstić information content (AvgIpc) is 3.17. The quantitative estimate of drug-likeness (QED) is 0.888. The molecule has 1 aromatic heterocycles. The van der Waals surface area contributed by atoms with Crippen molar-refractivity contribution in [2.45, 2.75) is 42.0 Å². The van der Waals surface area contributed by atoms with Crippen molar-refractivity contribution in [1.82, 2.24) is 10.2 Å². The van der Waals surface area contributed by atoms with Crippen molar-refractivity contribution in [3.8, 4) is 0 Å². The van der Waals surface area contributed by atoms with Gasteiger partial charge in [0.1, 0.15) is 0 Å². The molecule has 2 aliphatic heterocycles. The van der Waals surface area contributed by atoms with Crippen LogP contribution in [0.25, 0.3) is 0 Å². The van der Waals surface area contributed by atoms with Crippen LogP contribution in [0.1, 0.15) is 35.4 Å². The molecule has 4 rings (SSSR count). The fourth-order valence-electron chi connectivity index (χ4n) is 3.98. The van der Waals surface area contributed by atoms with Gasteiger partial charge in [-0.05, 0) is 44.0 Å². The summed E-state index contributed by atoms with van der Waals surface area (Å²) in [4.78, 5) is 15.3. The van der Waals surface area contributed by atoms with Gasteiger partial charge in [0, 0.05) is 24.2 Å². The third-order valence-electron chi connectivity index (χ3n) is 5.28. The predicted octanol–water partition coefficient (Wildman–Crippen LogP) is 2.22. The summed E-state index contributed by atoms with van der Waals surface area (Å²) in [7, 11) is -3.53. The van der Waals surface area contributed by atoms with Gasteiger partial charge in [-0.1, -0.05) is 18.2 Å². The van der Waals surface area contributed by atoms with Crippen molar-refractivity contribution >= 4 is 15.7 Å². The van der Waals surface area contributed by atoms with Gasteiger partial charge in [0.2, 0.25) is 0 Å². The van der Waals surface area contributed by atoms with Crippen molar-refractivity contribution in [2.75, 3.05) is 13.1 Å². The lowest BCUT2D eigenvalue weighted by Crippen LogP contribution is -2.42. The number of furan rings is 1. The van der Waals surface area contributed by atoms with E-state index in [4.69, 9.17) is 4.42 Å². The Labute approximate surface area is 153 Å².